The summed E-state index contributed by atoms with van der Waals surface area (Å²) in [5.74, 6) is -5.17. The minimum absolute atomic E-state index is 0.294. The molecule has 2 fully saturated rings. The van der Waals surface area contributed by atoms with E-state index in [1.165, 1.54) is 58.4 Å². The zero-order chi connectivity index (χ0) is 37.6. The molecule has 0 aliphatic carbocycles. The van der Waals surface area contributed by atoms with Gasteiger partial charge < -0.3 is 39.7 Å². The number of fused-ring (bicyclic) bond motifs is 1. The van der Waals surface area contributed by atoms with Crippen LogP contribution in [0.5, 0.6) is 17.2 Å². The molecule has 5 N–H and O–H groups in total. The van der Waals surface area contributed by atoms with Crippen LogP contribution in [0.4, 0.5) is 0 Å². The van der Waals surface area contributed by atoms with Crippen LogP contribution in [0.15, 0.2) is 60.7 Å². The maximum absolute atomic E-state index is 10.2. The highest BCUT2D eigenvalue weighted by Gasteiger charge is 2.18. The number of carboxylic acids is 4. The topological polar surface area (TPSA) is 204 Å². The van der Waals surface area contributed by atoms with Crippen molar-refractivity contribution in [2.45, 2.75) is 25.8 Å². The lowest BCUT2D eigenvalue weighted by atomic mass is 9.97. The van der Waals surface area contributed by atoms with Gasteiger partial charge in [-0.2, -0.15) is 0 Å². The number of likely N-dealkylation sites (tertiary alicyclic amines) is 1. The second kappa shape index (κ2) is 19.4. The molecule has 0 atom stereocenters. The summed E-state index contributed by atoms with van der Waals surface area (Å²) < 4.78 is 18.5. The highest BCUT2D eigenvalue weighted by molar-refractivity contribution is 7.22. The Labute approximate surface area is 304 Å². The molecule has 0 saturated carbocycles. The van der Waals surface area contributed by atoms with E-state index in [0.717, 1.165) is 68.6 Å². The summed E-state index contributed by atoms with van der Waals surface area (Å²) in [5.41, 5.74) is 4.84. The van der Waals surface area contributed by atoms with Crippen LogP contribution in [-0.2, 0) is 36.9 Å². The average molecular weight is 739 g/mol. The van der Waals surface area contributed by atoms with Crippen molar-refractivity contribution >= 4 is 45.3 Å². The summed E-state index contributed by atoms with van der Waals surface area (Å²) in [7, 11) is 1.75. The number of carboxylic acid groups (broad SMARTS) is 4. The van der Waals surface area contributed by atoms with Gasteiger partial charge in [-0.05, 0) is 103 Å². The fourth-order valence-corrected chi connectivity index (χ4v) is 7.04. The van der Waals surface area contributed by atoms with Gasteiger partial charge in [0.1, 0.15) is 23.9 Å². The minimum Gasteiger partial charge on any atom is -0.508 e. The SMILES string of the molecule is COc1cc(Cc2c(-c3ccc(OCCN4CCCC4)cc3)sc3cc(O)ccc23)ccc1CN1CCOCC1.O=C(O)C(=O)O.O=C(O)C(=O)O. The quantitative estimate of drug-likeness (QED) is 0.142. The molecule has 52 heavy (non-hydrogen) atoms. The molecule has 0 bridgehead atoms. The van der Waals surface area contributed by atoms with E-state index in [9.17, 15) is 5.11 Å². The van der Waals surface area contributed by atoms with Crippen LogP contribution in [0.3, 0.4) is 0 Å². The fraction of sp³-hybridized carbons (Fsp3) is 0.351. The first-order valence-corrected chi connectivity index (χ1v) is 17.3. The number of aromatic hydroxyl groups is 1. The van der Waals surface area contributed by atoms with E-state index in [2.05, 4.69) is 52.3 Å². The van der Waals surface area contributed by atoms with Crippen molar-refractivity contribution < 1.29 is 58.9 Å². The average Bonchev–Trinajstić information content (AvgIpc) is 3.78. The number of hydrogen-bond donors (Lipinski definition) is 5. The Balaban J connectivity index is 0.000000436. The maximum atomic E-state index is 10.2. The van der Waals surface area contributed by atoms with Crippen molar-refractivity contribution in [2.24, 2.45) is 0 Å². The molecule has 3 aromatic carbocycles. The van der Waals surface area contributed by atoms with Crippen molar-refractivity contribution in [3.63, 3.8) is 0 Å². The van der Waals surface area contributed by atoms with Crippen molar-refractivity contribution in [2.75, 3.05) is 59.7 Å². The fourth-order valence-electron chi connectivity index (χ4n) is 5.78. The number of morpholine rings is 1. The number of aliphatic carboxylic acids is 4. The van der Waals surface area contributed by atoms with Gasteiger partial charge in [0.05, 0.1) is 20.3 Å². The van der Waals surface area contributed by atoms with Crippen LogP contribution < -0.4 is 9.47 Å². The van der Waals surface area contributed by atoms with Crippen molar-refractivity contribution in [3.05, 3.63) is 77.4 Å². The molecule has 0 unspecified atom stereocenters. The van der Waals surface area contributed by atoms with E-state index < -0.39 is 23.9 Å². The molecule has 1 aromatic heterocycles. The first-order chi connectivity index (χ1) is 24.9. The van der Waals surface area contributed by atoms with Gasteiger partial charge in [0.25, 0.3) is 0 Å². The predicted octanol–water partition coefficient (Wildman–Crippen LogP) is 4.49. The molecule has 3 heterocycles. The van der Waals surface area contributed by atoms with Gasteiger partial charge >= 0.3 is 23.9 Å². The molecule has 15 heteroatoms. The van der Waals surface area contributed by atoms with E-state index in [4.69, 9.17) is 53.8 Å². The van der Waals surface area contributed by atoms with Gasteiger partial charge in [0.2, 0.25) is 0 Å². The molecular weight excluding hydrogens is 696 g/mol. The summed E-state index contributed by atoms with van der Waals surface area (Å²) in [6.07, 6.45) is 3.38. The van der Waals surface area contributed by atoms with Crippen molar-refractivity contribution in [1.29, 1.82) is 0 Å². The van der Waals surface area contributed by atoms with Gasteiger partial charge in [-0.15, -0.1) is 11.3 Å². The number of ether oxygens (including phenoxy) is 3. The monoisotopic (exact) mass is 738 g/mol. The number of benzene rings is 3. The number of phenolic OH excluding ortho intramolecular Hbond substituents is 1. The molecule has 2 aliphatic heterocycles. The second-order valence-corrected chi connectivity index (χ2v) is 13.0. The normalized spacial score (nSPS) is 14.4. The summed E-state index contributed by atoms with van der Waals surface area (Å²) in [6, 6.07) is 20.8. The van der Waals surface area contributed by atoms with Crippen molar-refractivity contribution in [3.8, 4) is 27.7 Å². The summed E-state index contributed by atoms with van der Waals surface area (Å²) in [6.45, 7) is 8.42. The molecule has 2 saturated heterocycles. The lowest BCUT2D eigenvalue weighted by Gasteiger charge is -2.27. The Morgan fingerprint density at radius 2 is 1.42 bits per heavy atom. The van der Waals surface area contributed by atoms with E-state index in [1.54, 1.807) is 24.5 Å². The third-order valence-corrected chi connectivity index (χ3v) is 9.61. The Bertz CT molecular complexity index is 1780. The summed E-state index contributed by atoms with van der Waals surface area (Å²) in [4.78, 5) is 42.5. The summed E-state index contributed by atoms with van der Waals surface area (Å²) >= 11 is 1.73. The van der Waals surface area contributed by atoms with E-state index >= 15 is 0 Å². The number of phenols is 1. The van der Waals surface area contributed by atoms with Crippen LogP contribution in [0.25, 0.3) is 20.5 Å². The molecule has 6 rings (SSSR count). The smallest absolute Gasteiger partial charge is 0.414 e. The molecule has 278 valence electrons. The third kappa shape index (κ3) is 11.7. The standard InChI is InChI=1S/C33H38N2O4S.2C2H2O4/c1-37-31-21-24(4-5-26(31)23-35-14-17-38-18-15-35)20-30-29-11-8-27(36)22-32(29)40-33(30)25-6-9-28(10-7-25)39-19-16-34-12-2-3-13-34;2*3-1(4)2(5)6/h4-11,21-22,36H,2-3,12-20,23H2,1H3;2*(H,3,4)(H,5,6). The zero-order valence-corrected chi connectivity index (χ0v) is 29.5. The molecular formula is C37H42N2O12S. The van der Waals surface area contributed by atoms with Gasteiger partial charge in [-0.25, -0.2) is 19.2 Å². The Hall–Kier alpha value is -5.22. The van der Waals surface area contributed by atoms with Crippen LogP contribution in [0.1, 0.15) is 29.5 Å². The van der Waals surface area contributed by atoms with Crippen LogP contribution in [0, 0.1) is 0 Å². The first kappa shape index (κ1) is 39.6. The van der Waals surface area contributed by atoms with E-state index in [0.29, 0.717) is 5.75 Å². The first-order valence-electron chi connectivity index (χ1n) is 16.5. The number of nitrogens with zero attached hydrogens (tertiary/aromatic N) is 2. The van der Waals surface area contributed by atoms with E-state index in [1.807, 2.05) is 12.1 Å². The number of carbonyl (C=O) groups is 4. The largest absolute Gasteiger partial charge is 0.508 e. The second-order valence-electron chi connectivity index (χ2n) is 11.9. The summed E-state index contributed by atoms with van der Waals surface area (Å²) in [5, 5.41) is 40.9. The number of methoxy groups -OCH3 is 1. The number of rotatable bonds is 10. The lowest BCUT2D eigenvalue weighted by molar-refractivity contribution is -0.159. The predicted molar refractivity (Wildman–Crippen MR) is 193 cm³/mol. The molecule has 0 radical (unpaired) electrons. The molecule has 0 amide bonds. The molecule has 2 aliphatic rings. The van der Waals surface area contributed by atoms with E-state index in [-0.39, 0.29) is 0 Å². The molecule has 14 nitrogen and oxygen atoms in total. The zero-order valence-electron chi connectivity index (χ0n) is 28.7. The van der Waals surface area contributed by atoms with Crippen molar-refractivity contribution in [1.82, 2.24) is 9.80 Å². The molecule has 4 aromatic rings. The maximum Gasteiger partial charge on any atom is 0.414 e. The van der Waals surface area contributed by atoms with Gasteiger partial charge in [-0.1, -0.05) is 12.1 Å². The minimum atomic E-state index is -1.82. The number of hydrogen-bond acceptors (Lipinski definition) is 11. The Morgan fingerprint density at radius 3 is 2.02 bits per heavy atom. The highest BCUT2D eigenvalue weighted by Crippen LogP contribution is 2.42. The number of thiophene rings is 1. The Morgan fingerprint density at radius 1 is 0.788 bits per heavy atom. The van der Waals surface area contributed by atoms with Gasteiger partial charge in [0, 0.05) is 41.3 Å². The van der Waals surface area contributed by atoms with Crippen LogP contribution in [-0.4, -0.2) is 119 Å². The Kier molecular flexibility index (Phi) is 14.8. The molecule has 0 spiro atoms. The van der Waals surface area contributed by atoms with Crippen LogP contribution >= 0.6 is 11.3 Å². The lowest BCUT2D eigenvalue weighted by Crippen LogP contribution is -2.35. The van der Waals surface area contributed by atoms with Gasteiger partial charge in [0.15, 0.2) is 0 Å². The van der Waals surface area contributed by atoms with Crippen LogP contribution in [0.2, 0.25) is 0 Å². The highest BCUT2D eigenvalue weighted by atomic mass is 32.1. The van der Waals surface area contributed by atoms with Gasteiger partial charge in [-0.3, -0.25) is 9.80 Å². The third-order valence-electron chi connectivity index (χ3n) is 8.36.